The average molecular weight is 316 g/mol. The summed E-state index contributed by atoms with van der Waals surface area (Å²) in [5, 5.41) is 7.05. The van der Waals surface area contributed by atoms with Gasteiger partial charge in [0.15, 0.2) is 0 Å². The summed E-state index contributed by atoms with van der Waals surface area (Å²) in [5.74, 6) is 0.871. The molecule has 2 rings (SSSR count). The average Bonchev–Trinajstić information content (AvgIpc) is 2.86. The highest BCUT2D eigenvalue weighted by Crippen LogP contribution is 2.31. The maximum Gasteiger partial charge on any atom is 0.291 e. The minimum Gasteiger partial charge on any atom is -0.497 e. The maximum absolute atomic E-state index is 12.1. The number of rotatable bonds is 5. The minimum absolute atomic E-state index is 0.0760. The molecule has 1 heterocycles. The van der Waals surface area contributed by atoms with Gasteiger partial charge in [0.1, 0.15) is 11.5 Å². The largest absolute Gasteiger partial charge is 0.497 e. The highest BCUT2D eigenvalue weighted by atomic mass is 32.2. The first kappa shape index (κ1) is 14.3. The molecule has 1 aromatic heterocycles. The first-order chi connectivity index (χ1) is 9.46. The molecule has 10 heteroatoms. The quantitative estimate of drug-likeness (QED) is 0.843. The first-order valence-corrected chi connectivity index (χ1v) is 7.60. The zero-order valence-corrected chi connectivity index (χ0v) is 12.3. The monoisotopic (exact) mass is 316 g/mol. The Balaban J connectivity index is 2.34. The third kappa shape index (κ3) is 2.91. The number of nitrogens with one attached hydrogen (secondary N) is 1. The van der Waals surface area contributed by atoms with Crippen LogP contribution in [0.2, 0.25) is 0 Å². The summed E-state index contributed by atoms with van der Waals surface area (Å²) in [5.41, 5.74) is 5.64. The summed E-state index contributed by atoms with van der Waals surface area (Å²) in [6.07, 6.45) is 0. The van der Waals surface area contributed by atoms with Crippen molar-refractivity contribution in [3.05, 3.63) is 18.2 Å². The lowest BCUT2D eigenvalue weighted by Gasteiger charge is -2.11. The van der Waals surface area contributed by atoms with Gasteiger partial charge in [-0.15, -0.1) is 10.2 Å². The second-order valence-corrected chi connectivity index (χ2v) is 6.44. The molecule has 0 aliphatic rings. The van der Waals surface area contributed by atoms with Gasteiger partial charge in [0, 0.05) is 6.07 Å². The van der Waals surface area contributed by atoms with E-state index in [0.29, 0.717) is 11.5 Å². The van der Waals surface area contributed by atoms with Crippen molar-refractivity contribution in [3.8, 4) is 11.5 Å². The van der Waals surface area contributed by atoms with Crippen LogP contribution in [0, 0.1) is 0 Å². The molecular formula is C10H12N4O4S2. The van der Waals surface area contributed by atoms with E-state index in [4.69, 9.17) is 15.2 Å². The molecule has 20 heavy (non-hydrogen) atoms. The highest BCUT2D eigenvalue weighted by Gasteiger charge is 2.21. The van der Waals surface area contributed by atoms with Crippen molar-refractivity contribution in [3.63, 3.8) is 0 Å². The van der Waals surface area contributed by atoms with Gasteiger partial charge >= 0.3 is 0 Å². The van der Waals surface area contributed by atoms with Crippen molar-refractivity contribution >= 4 is 32.2 Å². The molecule has 0 aliphatic carbocycles. The Morgan fingerprint density at radius 1 is 1.25 bits per heavy atom. The fourth-order valence-electron chi connectivity index (χ4n) is 1.40. The van der Waals surface area contributed by atoms with Gasteiger partial charge in [-0.05, 0) is 12.1 Å². The lowest BCUT2D eigenvalue weighted by atomic mass is 10.3. The van der Waals surface area contributed by atoms with Crippen LogP contribution >= 0.6 is 11.3 Å². The van der Waals surface area contributed by atoms with Gasteiger partial charge in [0.05, 0.1) is 19.9 Å². The number of aromatic nitrogens is 2. The van der Waals surface area contributed by atoms with Crippen LogP contribution in [0.1, 0.15) is 0 Å². The number of nitrogens with two attached hydrogens (primary N) is 1. The normalized spacial score (nSPS) is 11.1. The molecule has 0 fully saturated rings. The summed E-state index contributed by atoms with van der Waals surface area (Å²) in [6.45, 7) is 0. The Morgan fingerprint density at radius 2 is 2.00 bits per heavy atom. The van der Waals surface area contributed by atoms with Crippen molar-refractivity contribution in [1.82, 2.24) is 10.2 Å². The zero-order chi connectivity index (χ0) is 14.8. The van der Waals surface area contributed by atoms with E-state index in [9.17, 15) is 8.42 Å². The number of hydrogen-bond acceptors (Lipinski definition) is 8. The molecule has 8 nitrogen and oxygen atoms in total. The van der Waals surface area contributed by atoms with Gasteiger partial charge in [-0.3, -0.25) is 4.72 Å². The molecule has 0 amide bonds. The molecule has 108 valence electrons. The van der Waals surface area contributed by atoms with Gasteiger partial charge in [-0.25, -0.2) is 0 Å². The van der Waals surface area contributed by atoms with Crippen LogP contribution in [-0.4, -0.2) is 32.8 Å². The fraction of sp³-hybridized carbons (Fsp3) is 0.200. The van der Waals surface area contributed by atoms with E-state index in [1.165, 1.54) is 20.3 Å². The van der Waals surface area contributed by atoms with Crippen LogP contribution < -0.4 is 19.9 Å². The first-order valence-electron chi connectivity index (χ1n) is 5.30. The molecule has 0 unspecified atom stereocenters. The summed E-state index contributed by atoms with van der Waals surface area (Å²) < 4.78 is 36.5. The van der Waals surface area contributed by atoms with Crippen molar-refractivity contribution in [2.75, 3.05) is 24.7 Å². The molecule has 0 radical (unpaired) electrons. The summed E-state index contributed by atoms with van der Waals surface area (Å²) in [7, 11) is -0.922. The molecule has 0 saturated carbocycles. The van der Waals surface area contributed by atoms with E-state index in [1.807, 2.05) is 0 Å². The number of sulfonamides is 1. The second-order valence-electron chi connectivity index (χ2n) is 3.58. The molecule has 0 aliphatic heterocycles. The predicted octanol–water partition coefficient (Wildman–Crippen LogP) is 0.938. The minimum atomic E-state index is -3.85. The van der Waals surface area contributed by atoms with Crippen LogP contribution in [0.5, 0.6) is 11.5 Å². The number of anilines is 2. The van der Waals surface area contributed by atoms with Gasteiger partial charge in [-0.1, -0.05) is 11.3 Å². The van der Waals surface area contributed by atoms with Crippen LogP contribution in [0.15, 0.2) is 22.5 Å². The lowest BCUT2D eigenvalue weighted by Crippen LogP contribution is -2.13. The summed E-state index contributed by atoms with van der Waals surface area (Å²) in [4.78, 5) is 0. The molecular weight excluding hydrogens is 304 g/mol. The highest BCUT2D eigenvalue weighted by molar-refractivity contribution is 7.94. The topological polar surface area (TPSA) is 116 Å². The van der Waals surface area contributed by atoms with E-state index in [-0.39, 0.29) is 15.2 Å². The SMILES string of the molecule is COc1ccc(NS(=O)(=O)c2nnc(N)s2)c(OC)c1. The number of methoxy groups -OCH3 is 2. The van der Waals surface area contributed by atoms with Crippen molar-refractivity contribution < 1.29 is 17.9 Å². The third-order valence-electron chi connectivity index (χ3n) is 2.30. The number of hydrogen-bond donors (Lipinski definition) is 2. The van der Waals surface area contributed by atoms with E-state index < -0.39 is 10.0 Å². The van der Waals surface area contributed by atoms with Gasteiger partial charge in [-0.2, -0.15) is 8.42 Å². The Labute approximate surface area is 119 Å². The van der Waals surface area contributed by atoms with Crippen LogP contribution in [0.3, 0.4) is 0 Å². The van der Waals surface area contributed by atoms with Gasteiger partial charge < -0.3 is 15.2 Å². The molecule has 0 atom stereocenters. The third-order valence-corrected chi connectivity index (χ3v) is 4.79. The molecule has 0 saturated heterocycles. The molecule has 2 aromatic rings. The number of nitrogen functional groups attached to an aromatic ring is 1. The van der Waals surface area contributed by atoms with Crippen molar-refractivity contribution in [2.45, 2.75) is 4.34 Å². The Hall–Kier alpha value is -2.07. The molecule has 3 N–H and O–H groups in total. The zero-order valence-electron chi connectivity index (χ0n) is 10.7. The van der Waals surface area contributed by atoms with E-state index >= 15 is 0 Å². The predicted molar refractivity (Wildman–Crippen MR) is 74.7 cm³/mol. The van der Waals surface area contributed by atoms with E-state index in [0.717, 1.165) is 11.3 Å². The standard InChI is InChI=1S/C10H12N4O4S2/c1-17-6-3-4-7(8(5-6)18-2)14-20(15,16)10-13-12-9(11)19-10/h3-5,14H,1-2H3,(H2,11,12). The maximum atomic E-state index is 12.1. The van der Waals surface area contributed by atoms with Gasteiger partial charge in [0.2, 0.25) is 5.13 Å². The van der Waals surface area contributed by atoms with Gasteiger partial charge in [0.25, 0.3) is 14.4 Å². The molecule has 1 aromatic carbocycles. The Morgan fingerprint density at radius 3 is 2.55 bits per heavy atom. The van der Waals surface area contributed by atoms with Crippen LogP contribution in [-0.2, 0) is 10.0 Å². The second kappa shape index (κ2) is 5.51. The fourth-order valence-corrected chi connectivity index (χ4v) is 3.26. The molecule has 0 spiro atoms. The summed E-state index contributed by atoms with van der Waals surface area (Å²) >= 11 is 0.775. The number of ether oxygens (including phenoxy) is 2. The number of nitrogens with zero attached hydrogens (tertiary/aromatic N) is 2. The van der Waals surface area contributed by atoms with Crippen molar-refractivity contribution in [1.29, 1.82) is 0 Å². The van der Waals surface area contributed by atoms with E-state index in [2.05, 4.69) is 14.9 Å². The van der Waals surface area contributed by atoms with Crippen LogP contribution in [0.25, 0.3) is 0 Å². The van der Waals surface area contributed by atoms with Crippen molar-refractivity contribution in [2.24, 2.45) is 0 Å². The Bertz CT molecular complexity index is 714. The van der Waals surface area contributed by atoms with Crippen LogP contribution in [0.4, 0.5) is 10.8 Å². The number of benzene rings is 1. The lowest BCUT2D eigenvalue weighted by molar-refractivity contribution is 0.395. The van der Waals surface area contributed by atoms with E-state index in [1.54, 1.807) is 12.1 Å². The smallest absolute Gasteiger partial charge is 0.291 e. The summed E-state index contributed by atoms with van der Waals surface area (Å²) in [6, 6.07) is 4.70. The Kier molecular flexibility index (Phi) is 3.95. The molecule has 0 bridgehead atoms.